The molecule has 0 aromatic rings. The molecule has 0 aromatic carbocycles. The molecule has 0 saturated carbocycles. The summed E-state index contributed by atoms with van der Waals surface area (Å²) in [5.74, 6) is 0.0690. The van der Waals surface area contributed by atoms with Crippen LogP contribution >= 0.6 is 0 Å². The Balaban J connectivity index is 2.10. The van der Waals surface area contributed by atoms with E-state index in [-0.39, 0.29) is 18.1 Å². The Kier molecular flexibility index (Phi) is 2.19. The van der Waals surface area contributed by atoms with Crippen molar-refractivity contribution >= 4 is 5.91 Å². The van der Waals surface area contributed by atoms with E-state index >= 15 is 0 Å². The molecule has 2 aliphatic heterocycles. The molecule has 0 aromatic heterocycles. The number of hydrogen-bond acceptors (Lipinski definition) is 2. The van der Waals surface area contributed by atoms with Crippen LogP contribution < -0.4 is 0 Å². The Bertz CT molecular complexity index is 270. The quantitative estimate of drug-likeness (QED) is 0.570. The summed E-state index contributed by atoms with van der Waals surface area (Å²) in [7, 11) is 0. The lowest BCUT2D eigenvalue weighted by Gasteiger charge is -2.22. The van der Waals surface area contributed by atoms with Gasteiger partial charge in [0.25, 0.3) is 5.91 Å². The summed E-state index contributed by atoms with van der Waals surface area (Å²) < 4.78 is 0. The number of fused-ring (bicyclic) bond motifs is 1. The second-order valence-electron chi connectivity index (χ2n) is 3.32. The maximum Gasteiger partial charge on any atom is 0.250 e. The average Bonchev–Trinajstić information content (AvgIpc) is 2.49. The molecule has 0 bridgehead atoms. The highest BCUT2D eigenvalue weighted by atomic mass is 16.7. The molecule has 2 rings (SSSR count). The Morgan fingerprint density at radius 3 is 3.23 bits per heavy atom. The summed E-state index contributed by atoms with van der Waals surface area (Å²) in [6.45, 7) is 1.96. The number of carbonyl (C=O) groups is 1. The van der Waals surface area contributed by atoms with E-state index in [0.717, 1.165) is 6.42 Å². The van der Waals surface area contributed by atoms with Gasteiger partial charge in [-0.15, -0.1) is 0 Å². The average molecular weight is 179 g/mol. The third kappa shape index (κ3) is 1.52. The molecule has 2 heterocycles. The first kappa shape index (κ1) is 8.51. The molecule has 1 saturated heterocycles. The number of amides is 1. The summed E-state index contributed by atoms with van der Waals surface area (Å²) in [6.07, 6.45) is 9.33. The number of hydroxylamine groups is 2. The zero-order chi connectivity index (χ0) is 9.26. The number of hydrogen-bond donors (Lipinski definition) is 0. The summed E-state index contributed by atoms with van der Waals surface area (Å²) >= 11 is 0. The second kappa shape index (κ2) is 3.34. The van der Waals surface area contributed by atoms with Crippen LogP contribution in [0, 0.1) is 0 Å². The maximum atomic E-state index is 11.4. The number of allylic oxidation sites excluding steroid dienone is 1. The normalized spacial score (nSPS) is 33.0. The van der Waals surface area contributed by atoms with Crippen LogP contribution in [0.4, 0.5) is 0 Å². The van der Waals surface area contributed by atoms with Gasteiger partial charge in [-0.1, -0.05) is 24.3 Å². The van der Waals surface area contributed by atoms with E-state index in [1.165, 1.54) is 5.06 Å². The van der Waals surface area contributed by atoms with Crippen LogP contribution in [0.2, 0.25) is 0 Å². The van der Waals surface area contributed by atoms with Crippen molar-refractivity contribution in [2.75, 3.05) is 0 Å². The van der Waals surface area contributed by atoms with Gasteiger partial charge in [0.15, 0.2) is 0 Å². The molecule has 3 nitrogen and oxygen atoms in total. The first-order chi connectivity index (χ1) is 6.31. The number of nitrogens with zero attached hydrogens (tertiary/aromatic N) is 1. The van der Waals surface area contributed by atoms with Crippen molar-refractivity contribution in [2.45, 2.75) is 31.9 Å². The minimum atomic E-state index is 0.0690. The van der Waals surface area contributed by atoms with Crippen molar-refractivity contribution in [3.8, 4) is 0 Å². The van der Waals surface area contributed by atoms with E-state index in [1.807, 2.05) is 31.2 Å². The standard InChI is InChI=1S/C10H13NO2/c1-2-4-9-7-8-5-3-6-10(12)11(8)13-9/h2-5,8-9H,6-7H2,1H3/b4-2+/t8-,9+/m0/s1. The minimum Gasteiger partial charge on any atom is -0.272 e. The molecule has 1 amide bonds. The number of rotatable bonds is 1. The van der Waals surface area contributed by atoms with Crippen LogP contribution in [-0.4, -0.2) is 23.1 Å². The van der Waals surface area contributed by atoms with Crippen molar-refractivity contribution in [1.29, 1.82) is 0 Å². The third-order valence-electron chi connectivity index (χ3n) is 2.33. The highest BCUT2D eigenvalue weighted by molar-refractivity contribution is 5.78. The first-order valence-electron chi connectivity index (χ1n) is 4.59. The molecule has 2 aliphatic rings. The lowest BCUT2D eigenvalue weighted by Crippen LogP contribution is -2.35. The molecule has 70 valence electrons. The van der Waals surface area contributed by atoms with Crippen LogP contribution in [0.25, 0.3) is 0 Å². The molecule has 13 heavy (non-hydrogen) atoms. The van der Waals surface area contributed by atoms with Crippen molar-refractivity contribution in [3.63, 3.8) is 0 Å². The molecular formula is C10H13NO2. The predicted octanol–water partition coefficient (Wildman–Crippen LogP) is 1.42. The molecule has 0 unspecified atom stereocenters. The SMILES string of the molecule is C/C=C/[C@@H]1C[C@@H]2C=CCC(=O)N2O1. The van der Waals surface area contributed by atoms with Crippen molar-refractivity contribution in [2.24, 2.45) is 0 Å². The fourth-order valence-corrected chi connectivity index (χ4v) is 1.75. The van der Waals surface area contributed by atoms with E-state index in [4.69, 9.17) is 4.84 Å². The van der Waals surface area contributed by atoms with Crippen molar-refractivity contribution in [3.05, 3.63) is 24.3 Å². The van der Waals surface area contributed by atoms with Gasteiger partial charge in [-0.3, -0.25) is 9.63 Å². The summed E-state index contributed by atoms with van der Waals surface area (Å²) in [5.41, 5.74) is 0. The summed E-state index contributed by atoms with van der Waals surface area (Å²) in [4.78, 5) is 16.8. The van der Waals surface area contributed by atoms with Gasteiger partial charge >= 0.3 is 0 Å². The summed E-state index contributed by atoms with van der Waals surface area (Å²) in [6, 6.07) is 0.155. The van der Waals surface area contributed by atoms with E-state index < -0.39 is 0 Å². The summed E-state index contributed by atoms with van der Waals surface area (Å²) in [5, 5.41) is 1.50. The van der Waals surface area contributed by atoms with Gasteiger partial charge in [0.2, 0.25) is 0 Å². The maximum absolute atomic E-state index is 11.4. The second-order valence-corrected chi connectivity index (χ2v) is 3.32. The lowest BCUT2D eigenvalue weighted by molar-refractivity contribution is -0.180. The van der Waals surface area contributed by atoms with Crippen LogP contribution in [0.15, 0.2) is 24.3 Å². The van der Waals surface area contributed by atoms with Gasteiger partial charge in [-0.25, -0.2) is 5.06 Å². The van der Waals surface area contributed by atoms with E-state index in [0.29, 0.717) is 6.42 Å². The molecule has 0 N–H and O–H groups in total. The minimum absolute atomic E-state index is 0.0690. The zero-order valence-corrected chi connectivity index (χ0v) is 7.64. The Hall–Kier alpha value is -1.09. The fourth-order valence-electron chi connectivity index (χ4n) is 1.75. The van der Waals surface area contributed by atoms with Crippen molar-refractivity contribution in [1.82, 2.24) is 5.06 Å². The molecule has 0 aliphatic carbocycles. The van der Waals surface area contributed by atoms with E-state index in [1.54, 1.807) is 0 Å². The van der Waals surface area contributed by atoms with E-state index in [2.05, 4.69) is 0 Å². The molecule has 1 fully saturated rings. The van der Waals surface area contributed by atoms with Gasteiger partial charge in [0.1, 0.15) is 6.10 Å². The fraction of sp³-hybridized carbons (Fsp3) is 0.500. The van der Waals surface area contributed by atoms with Gasteiger partial charge in [-0.05, 0) is 6.92 Å². The smallest absolute Gasteiger partial charge is 0.250 e. The zero-order valence-electron chi connectivity index (χ0n) is 7.64. The highest BCUT2D eigenvalue weighted by Crippen LogP contribution is 2.26. The van der Waals surface area contributed by atoms with Gasteiger partial charge < -0.3 is 0 Å². The molecule has 3 heteroatoms. The van der Waals surface area contributed by atoms with Crippen molar-refractivity contribution < 1.29 is 9.63 Å². The van der Waals surface area contributed by atoms with Gasteiger partial charge in [0.05, 0.1) is 6.04 Å². The Labute approximate surface area is 77.6 Å². The largest absolute Gasteiger partial charge is 0.272 e. The lowest BCUT2D eigenvalue weighted by atomic mass is 10.1. The molecule has 2 atom stereocenters. The Morgan fingerprint density at radius 2 is 2.54 bits per heavy atom. The van der Waals surface area contributed by atoms with Gasteiger partial charge in [-0.2, -0.15) is 0 Å². The van der Waals surface area contributed by atoms with Crippen LogP contribution in [0.5, 0.6) is 0 Å². The van der Waals surface area contributed by atoms with Gasteiger partial charge in [0, 0.05) is 12.8 Å². The highest BCUT2D eigenvalue weighted by Gasteiger charge is 2.35. The molecular weight excluding hydrogens is 166 g/mol. The number of carbonyl (C=O) groups excluding carboxylic acids is 1. The first-order valence-corrected chi connectivity index (χ1v) is 4.59. The Morgan fingerprint density at radius 1 is 1.69 bits per heavy atom. The topological polar surface area (TPSA) is 29.5 Å². The molecule has 0 radical (unpaired) electrons. The molecule has 0 spiro atoms. The van der Waals surface area contributed by atoms with Crippen LogP contribution in [-0.2, 0) is 9.63 Å². The third-order valence-corrected chi connectivity index (χ3v) is 2.33. The van der Waals surface area contributed by atoms with Crippen LogP contribution in [0.3, 0.4) is 0 Å². The van der Waals surface area contributed by atoms with E-state index in [9.17, 15) is 4.79 Å². The monoisotopic (exact) mass is 179 g/mol. The predicted molar refractivity (Wildman–Crippen MR) is 48.7 cm³/mol. The van der Waals surface area contributed by atoms with Crippen LogP contribution in [0.1, 0.15) is 19.8 Å².